The maximum atomic E-state index is 12.5. The summed E-state index contributed by atoms with van der Waals surface area (Å²) in [4.78, 5) is 21.4. The second-order valence-corrected chi connectivity index (χ2v) is 6.90. The zero-order chi connectivity index (χ0) is 15.4. The molecule has 5 heteroatoms. The predicted octanol–water partition coefficient (Wildman–Crippen LogP) is 3.58. The summed E-state index contributed by atoms with van der Waals surface area (Å²) in [7, 11) is 0. The van der Waals surface area contributed by atoms with Gasteiger partial charge in [-0.2, -0.15) is 0 Å². The van der Waals surface area contributed by atoms with Gasteiger partial charge in [0.15, 0.2) is 0 Å². The Morgan fingerprint density at radius 3 is 2.87 bits per heavy atom. The average molecular weight is 319 g/mol. The largest absolute Gasteiger partial charge is 0.325 e. The molecule has 2 aliphatic rings. The topological polar surface area (TPSA) is 54.9 Å². The number of hydrogen-bond acceptors (Lipinski definition) is 4. The van der Waals surface area contributed by atoms with Crippen LogP contribution in [-0.4, -0.2) is 15.9 Å². The molecule has 1 spiro atoms. The van der Waals surface area contributed by atoms with E-state index in [1.54, 1.807) is 23.7 Å². The van der Waals surface area contributed by atoms with Crippen LogP contribution in [0.4, 0.5) is 5.69 Å². The Morgan fingerprint density at radius 1 is 1.17 bits per heavy atom. The minimum absolute atomic E-state index is 0.113. The molecule has 0 bridgehead atoms. The molecule has 0 saturated heterocycles. The molecular weight excluding hydrogens is 306 g/mol. The van der Waals surface area contributed by atoms with Crippen LogP contribution in [0, 0.1) is 0 Å². The quantitative estimate of drug-likeness (QED) is 0.785. The smallest absolute Gasteiger partial charge is 0.235 e. The number of thiazole rings is 1. The number of pyridine rings is 1. The molecule has 3 heterocycles. The number of carbonyl (C=O) groups excluding carboxylic acids is 1. The first-order valence-electron chi connectivity index (χ1n) is 7.56. The zero-order valence-electron chi connectivity index (χ0n) is 12.2. The molecule has 1 N–H and O–H groups in total. The van der Waals surface area contributed by atoms with Crippen molar-refractivity contribution in [3.05, 3.63) is 65.4 Å². The first kappa shape index (κ1) is 13.0. The van der Waals surface area contributed by atoms with Crippen molar-refractivity contribution >= 4 is 22.9 Å². The number of anilines is 1. The van der Waals surface area contributed by atoms with Crippen molar-refractivity contribution in [3.63, 3.8) is 0 Å². The summed E-state index contributed by atoms with van der Waals surface area (Å²) in [6, 6.07) is 11.9. The minimum atomic E-state index is -0.403. The molecule has 2 atom stereocenters. The standard InChI is InChI=1S/C18H13N3OS/c22-17-18(12-3-1-2-4-14(12)21-17)9-13(18)15-10-23-16(20-15)11-5-7-19-8-6-11/h1-8,10,13H,9H2,(H,21,22). The van der Waals surface area contributed by atoms with Gasteiger partial charge in [0.2, 0.25) is 5.91 Å². The highest BCUT2D eigenvalue weighted by atomic mass is 32.1. The van der Waals surface area contributed by atoms with Crippen LogP contribution in [0.3, 0.4) is 0 Å². The van der Waals surface area contributed by atoms with E-state index in [2.05, 4.69) is 21.7 Å². The second-order valence-electron chi connectivity index (χ2n) is 6.04. The number of hydrogen-bond donors (Lipinski definition) is 1. The summed E-state index contributed by atoms with van der Waals surface area (Å²) in [5.74, 6) is 0.292. The molecule has 4 nitrogen and oxygen atoms in total. The van der Waals surface area contributed by atoms with E-state index < -0.39 is 5.41 Å². The van der Waals surface area contributed by atoms with Crippen LogP contribution in [0.5, 0.6) is 0 Å². The van der Waals surface area contributed by atoms with Crippen molar-refractivity contribution in [2.75, 3.05) is 5.32 Å². The number of benzene rings is 1. The van der Waals surface area contributed by atoms with Crippen LogP contribution in [-0.2, 0) is 10.2 Å². The van der Waals surface area contributed by atoms with Crippen LogP contribution >= 0.6 is 11.3 Å². The summed E-state index contributed by atoms with van der Waals surface area (Å²) < 4.78 is 0. The third-order valence-electron chi connectivity index (χ3n) is 4.83. The zero-order valence-corrected chi connectivity index (χ0v) is 13.0. The molecule has 2 unspecified atom stereocenters. The van der Waals surface area contributed by atoms with Crippen LogP contribution in [0.25, 0.3) is 10.6 Å². The minimum Gasteiger partial charge on any atom is -0.325 e. The highest BCUT2D eigenvalue weighted by molar-refractivity contribution is 7.13. The highest BCUT2D eigenvalue weighted by Crippen LogP contribution is 2.64. The van der Waals surface area contributed by atoms with Crippen molar-refractivity contribution < 1.29 is 4.79 Å². The summed E-state index contributed by atoms with van der Waals surface area (Å²) >= 11 is 1.63. The third kappa shape index (κ3) is 1.74. The van der Waals surface area contributed by atoms with Crippen molar-refractivity contribution in [1.29, 1.82) is 0 Å². The van der Waals surface area contributed by atoms with Gasteiger partial charge < -0.3 is 5.32 Å². The number of fused-ring (bicyclic) bond motifs is 2. The van der Waals surface area contributed by atoms with Crippen LogP contribution < -0.4 is 5.32 Å². The van der Waals surface area contributed by atoms with E-state index >= 15 is 0 Å². The van der Waals surface area contributed by atoms with Crippen molar-refractivity contribution in [3.8, 4) is 10.6 Å². The maximum Gasteiger partial charge on any atom is 0.235 e. The molecule has 1 saturated carbocycles. The van der Waals surface area contributed by atoms with Crippen molar-refractivity contribution in [2.24, 2.45) is 0 Å². The normalized spacial score (nSPS) is 24.5. The molecule has 1 fully saturated rings. The highest BCUT2D eigenvalue weighted by Gasteiger charge is 2.65. The number of para-hydroxylation sites is 1. The number of amides is 1. The Balaban J connectivity index is 1.52. The summed E-state index contributed by atoms with van der Waals surface area (Å²) in [5, 5.41) is 6.09. The molecule has 1 aromatic carbocycles. The fourth-order valence-electron chi connectivity index (χ4n) is 3.58. The number of rotatable bonds is 2. The predicted molar refractivity (Wildman–Crippen MR) is 89.5 cm³/mol. The van der Waals surface area contributed by atoms with Gasteiger partial charge in [-0.15, -0.1) is 11.3 Å². The van der Waals surface area contributed by atoms with Gasteiger partial charge in [0, 0.05) is 34.9 Å². The Kier molecular flexibility index (Phi) is 2.53. The SMILES string of the molecule is O=C1Nc2ccccc2C12CC2c1csc(-c2ccncc2)n1. The van der Waals surface area contributed by atoms with E-state index in [4.69, 9.17) is 4.98 Å². The summed E-state index contributed by atoms with van der Waals surface area (Å²) in [5.41, 5.74) is 3.76. The maximum absolute atomic E-state index is 12.5. The Labute approximate surface area is 137 Å². The van der Waals surface area contributed by atoms with Crippen LogP contribution in [0.1, 0.15) is 23.6 Å². The van der Waals surface area contributed by atoms with Gasteiger partial charge in [0.25, 0.3) is 0 Å². The molecule has 3 aromatic rings. The molecule has 1 amide bonds. The third-order valence-corrected chi connectivity index (χ3v) is 5.74. The van der Waals surface area contributed by atoms with Gasteiger partial charge in [-0.05, 0) is 30.2 Å². The van der Waals surface area contributed by atoms with E-state index in [1.807, 2.05) is 30.3 Å². The van der Waals surface area contributed by atoms with Crippen molar-refractivity contribution in [2.45, 2.75) is 17.8 Å². The molecule has 112 valence electrons. The lowest BCUT2D eigenvalue weighted by Gasteiger charge is -2.06. The van der Waals surface area contributed by atoms with Gasteiger partial charge in [-0.25, -0.2) is 4.98 Å². The van der Waals surface area contributed by atoms with Crippen LogP contribution in [0.2, 0.25) is 0 Å². The van der Waals surface area contributed by atoms with E-state index in [1.165, 1.54) is 0 Å². The lowest BCUT2D eigenvalue weighted by atomic mass is 9.94. The lowest BCUT2D eigenvalue weighted by Crippen LogP contribution is -2.21. The number of nitrogens with zero attached hydrogens (tertiary/aromatic N) is 2. The molecular formula is C18H13N3OS. The number of nitrogens with one attached hydrogen (secondary N) is 1. The first-order valence-corrected chi connectivity index (χ1v) is 8.44. The second kappa shape index (κ2) is 4.49. The van der Waals surface area contributed by atoms with Gasteiger partial charge in [-0.1, -0.05) is 18.2 Å². The molecule has 2 aromatic heterocycles. The monoisotopic (exact) mass is 319 g/mol. The summed E-state index contributed by atoms with van der Waals surface area (Å²) in [6.45, 7) is 0. The van der Waals surface area contributed by atoms with Gasteiger partial charge in [0.05, 0.1) is 11.1 Å². The van der Waals surface area contributed by atoms with E-state index in [-0.39, 0.29) is 11.8 Å². The Hall–Kier alpha value is -2.53. The van der Waals surface area contributed by atoms with Crippen LogP contribution in [0.15, 0.2) is 54.2 Å². The van der Waals surface area contributed by atoms with E-state index in [0.717, 1.165) is 33.9 Å². The number of carbonyl (C=O) groups is 1. The fraction of sp³-hybridized carbons (Fsp3) is 0.167. The van der Waals surface area contributed by atoms with Gasteiger partial charge in [-0.3, -0.25) is 9.78 Å². The Morgan fingerprint density at radius 2 is 2.00 bits per heavy atom. The number of aromatic nitrogens is 2. The Bertz CT molecular complexity index is 921. The molecule has 5 rings (SSSR count). The van der Waals surface area contributed by atoms with E-state index in [9.17, 15) is 4.79 Å². The fourth-order valence-corrected chi connectivity index (χ4v) is 4.46. The van der Waals surface area contributed by atoms with E-state index in [0.29, 0.717) is 0 Å². The molecule has 23 heavy (non-hydrogen) atoms. The van der Waals surface area contributed by atoms with Gasteiger partial charge in [0.1, 0.15) is 5.01 Å². The molecule has 1 aliphatic carbocycles. The molecule has 1 aliphatic heterocycles. The first-order chi connectivity index (χ1) is 11.3. The summed E-state index contributed by atoms with van der Waals surface area (Å²) in [6.07, 6.45) is 4.39. The average Bonchev–Trinajstić information content (AvgIpc) is 3.03. The van der Waals surface area contributed by atoms with Gasteiger partial charge >= 0.3 is 0 Å². The lowest BCUT2D eigenvalue weighted by molar-refractivity contribution is -0.118. The molecule has 0 radical (unpaired) electrons. The van der Waals surface area contributed by atoms with Crippen molar-refractivity contribution in [1.82, 2.24) is 9.97 Å².